The van der Waals surface area contributed by atoms with Crippen molar-refractivity contribution in [2.24, 2.45) is 5.92 Å². The summed E-state index contributed by atoms with van der Waals surface area (Å²) in [7, 11) is -2.12. The molecule has 0 amide bonds. The van der Waals surface area contributed by atoms with Crippen LogP contribution in [-0.2, 0) is 10.0 Å². The fourth-order valence-corrected chi connectivity index (χ4v) is 2.81. The smallest absolute Gasteiger partial charge is 0.248 e. The zero-order valence-corrected chi connectivity index (χ0v) is 9.83. The Hall–Kier alpha value is -1.14. The molecular weight excluding hydrogens is 228 g/mol. The van der Waals surface area contributed by atoms with Gasteiger partial charge in [0.1, 0.15) is 4.90 Å². The van der Waals surface area contributed by atoms with E-state index in [1.807, 2.05) is 0 Å². The van der Waals surface area contributed by atoms with Crippen LogP contribution in [0.5, 0.6) is 0 Å². The third-order valence-electron chi connectivity index (χ3n) is 2.69. The van der Waals surface area contributed by atoms with Gasteiger partial charge < -0.3 is 4.98 Å². The van der Waals surface area contributed by atoms with Crippen molar-refractivity contribution in [3.8, 4) is 0 Å². The third-order valence-corrected chi connectivity index (χ3v) is 4.53. The molecule has 0 saturated heterocycles. The fraction of sp³-hybridized carbons (Fsp3) is 0.500. The van der Waals surface area contributed by atoms with Gasteiger partial charge in [0.25, 0.3) is 0 Å². The molecule has 1 aromatic rings. The first kappa shape index (κ1) is 11.3. The Morgan fingerprint density at radius 3 is 2.75 bits per heavy atom. The highest BCUT2D eigenvalue weighted by Crippen LogP contribution is 2.30. The van der Waals surface area contributed by atoms with E-state index in [-0.39, 0.29) is 4.90 Å². The Balaban J connectivity index is 2.30. The lowest BCUT2D eigenvalue weighted by molar-refractivity contribution is 0.452. The van der Waals surface area contributed by atoms with E-state index in [1.54, 1.807) is 0 Å². The average molecular weight is 242 g/mol. The van der Waals surface area contributed by atoms with Crippen molar-refractivity contribution in [1.29, 1.82) is 0 Å². The van der Waals surface area contributed by atoms with Crippen LogP contribution in [-0.4, -0.2) is 31.3 Å². The van der Waals surface area contributed by atoms with Gasteiger partial charge in [-0.1, -0.05) is 0 Å². The SMILES string of the molecule is CN(CC1CC1)S(=O)(=O)c1c[nH]ccc1=O. The maximum atomic E-state index is 12.0. The lowest BCUT2D eigenvalue weighted by atomic mass is 10.4. The monoisotopic (exact) mass is 242 g/mol. The van der Waals surface area contributed by atoms with Gasteiger partial charge in [0.05, 0.1) is 0 Å². The minimum atomic E-state index is -3.64. The summed E-state index contributed by atoms with van der Waals surface area (Å²) in [6.07, 6.45) is 4.80. The van der Waals surface area contributed by atoms with Crippen molar-refractivity contribution in [3.05, 3.63) is 28.7 Å². The zero-order valence-electron chi connectivity index (χ0n) is 9.01. The maximum Gasteiger partial charge on any atom is 0.248 e. The summed E-state index contributed by atoms with van der Waals surface area (Å²) in [5.74, 6) is 0.461. The second-order valence-electron chi connectivity index (χ2n) is 4.10. The largest absolute Gasteiger partial charge is 0.366 e. The molecule has 6 heteroatoms. The van der Waals surface area contributed by atoms with Gasteiger partial charge in [0.2, 0.25) is 15.5 Å². The summed E-state index contributed by atoms with van der Waals surface area (Å²) in [5, 5.41) is 0. The van der Waals surface area contributed by atoms with E-state index in [2.05, 4.69) is 4.98 Å². The fourth-order valence-electron chi connectivity index (χ4n) is 1.53. The number of hydrogen-bond acceptors (Lipinski definition) is 3. The molecule has 1 aliphatic carbocycles. The summed E-state index contributed by atoms with van der Waals surface area (Å²) in [5.41, 5.74) is -0.471. The Kier molecular flexibility index (Phi) is 2.86. The summed E-state index contributed by atoms with van der Waals surface area (Å²) in [6.45, 7) is 0.497. The number of H-pyrrole nitrogens is 1. The maximum absolute atomic E-state index is 12.0. The average Bonchev–Trinajstić information content (AvgIpc) is 3.02. The van der Waals surface area contributed by atoms with E-state index in [1.165, 1.54) is 29.8 Å². The number of nitrogens with zero attached hydrogens (tertiary/aromatic N) is 1. The second kappa shape index (κ2) is 4.03. The second-order valence-corrected chi connectivity index (χ2v) is 6.12. The van der Waals surface area contributed by atoms with Crippen molar-refractivity contribution >= 4 is 10.0 Å². The molecule has 0 radical (unpaired) electrons. The van der Waals surface area contributed by atoms with Crippen LogP contribution in [0.3, 0.4) is 0 Å². The molecule has 1 aliphatic rings. The van der Waals surface area contributed by atoms with Gasteiger partial charge in [0.15, 0.2) is 0 Å². The number of sulfonamides is 1. The standard InChI is InChI=1S/C10H14N2O3S/c1-12(7-8-2-3-8)16(14,15)10-6-11-5-4-9(10)13/h4-6,8H,2-3,7H2,1H3,(H,11,13). The summed E-state index contributed by atoms with van der Waals surface area (Å²) in [6, 6.07) is 1.22. The van der Waals surface area contributed by atoms with Crippen LogP contribution in [0, 0.1) is 5.92 Å². The van der Waals surface area contributed by atoms with E-state index >= 15 is 0 Å². The molecule has 0 aliphatic heterocycles. The van der Waals surface area contributed by atoms with Gasteiger partial charge in [-0.15, -0.1) is 0 Å². The van der Waals surface area contributed by atoms with Gasteiger partial charge in [-0.05, 0) is 18.8 Å². The van der Waals surface area contributed by atoms with Crippen LogP contribution in [0.15, 0.2) is 28.2 Å². The Labute approximate surface area is 94.2 Å². The Morgan fingerprint density at radius 1 is 1.50 bits per heavy atom. The lowest BCUT2D eigenvalue weighted by Gasteiger charge is -2.15. The molecule has 5 nitrogen and oxygen atoms in total. The molecule has 0 spiro atoms. The van der Waals surface area contributed by atoms with Gasteiger partial charge in [-0.2, -0.15) is 0 Å². The van der Waals surface area contributed by atoms with Crippen LogP contribution in [0.1, 0.15) is 12.8 Å². The van der Waals surface area contributed by atoms with Crippen LogP contribution in [0.4, 0.5) is 0 Å². The highest BCUT2D eigenvalue weighted by molar-refractivity contribution is 7.89. The van der Waals surface area contributed by atoms with Crippen LogP contribution < -0.4 is 5.43 Å². The Bertz CT molecular complexity index is 531. The molecule has 0 unspecified atom stereocenters. The molecule has 1 N–H and O–H groups in total. The summed E-state index contributed by atoms with van der Waals surface area (Å²) < 4.78 is 25.3. The predicted molar refractivity (Wildman–Crippen MR) is 59.6 cm³/mol. The van der Waals surface area contributed by atoms with Crippen molar-refractivity contribution < 1.29 is 8.42 Å². The van der Waals surface area contributed by atoms with Crippen molar-refractivity contribution in [2.45, 2.75) is 17.7 Å². The summed E-state index contributed by atoms with van der Waals surface area (Å²) >= 11 is 0. The summed E-state index contributed by atoms with van der Waals surface area (Å²) in [4.78, 5) is 13.9. The molecule has 1 heterocycles. The predicted octanol–water partition coefficient (Wildman–Crippen LogP) is 0.405. The van der Waals surface area contributed by atoms with E-state index in [0.717, 1.165) is 12.8 Å². The normalized spacial score (nSPS) is 16.6. The quantitative estimate of drug-likeness (QED) is 0.831. The number of hydrogen-bond donors (Lipinski definition) is 1. The van der Waals surface area contributed by atoms with Crippen molar-refractivity contribution in [1.82, 2.24) is 9.29 Å². The van der Waals surface area contributed by atoms with Gasteiger partial charge >= 0.3 is 0 Å². The minimum Gasteiger partial charge on any atom is -0.366 e. The molecule has 1 aromatic heterocycles. The molecule has 16 heavy (non-hydrogen) atoms. The molecule has 0 atom stereocenters. The van der Waals surface area contributed by atoms with Crippen LogP contribution in [0.25, 0.3) is 0 Å². The van der Waals surface area contributed by atoms with Gasteiger partial charge in [-0.25, -0.2) is 12.7 Å². The highest BCUT2D eigenvalue weighted by atomic mass is 32.2. The zero-order chi connectivity index (χ0) is 11.8. The number of rotatable bonds is 4. The Morgan fingerprint density at radius 2 is 2.19 bits per heavy atom. The molecule has 2 rings (SSSR count). The number of aromatic nitrogens is 1. The molecular formula is C10H14N2O3S. The number of nitrogens with one attached hydrogen (secondary N) is 1. The molecule has 88 valence electrons. The van der Waals surface area contributed by atoms with Crippen molar-refractivity contribution in [3.63, 3.8) is 0 Å². The van der Waals surface area contributed by atoms with Gasteiger partial charge in [-0.3, -0.25) is 4.79 Å². The topological polar surface area (TPSA) is 70.2 Å². The van der Waals surface area contributed by atoms with Crippen LogP contribution in [0.2, 0.25) is 0 Å². The minimum absolute atomic E-state index is 0.182. The van der Waals surface area contributed by atoms with E-state index < -0.39 is 15.5 Å². The van der Waals surface area contributed by atoms with E-state index in [4.69, 9.17) is 0 Å². The first-order valence-electron chi connectivity index (χ1n) is 5.15. The number of aromatic amines is 1. The van der Waals surface area contributed by atoms with Crippen molar-refractivity contribution in [2.75, 3.05) is 13.6 Å². The molecule has 1 saturated carbocycles. The van der Waals surface area contributed by atoms with Crippen LogP contribution >= 0.6 is 0 Å². The number of pyridine rings is 1. The molecule has 1 fully saturated rings. The van der Waals surface area contributed by atoms with E-state index in [0.29, 0.717) is 12.5 Å². The first-order valence-corrected chi connectivity index (χ1v) is 6.59. The molecule has 0 aromatic carbocycles. The van der Waals surface area contributed by atoms with E-state index in [9.17, 15) is 13.2 Å². The highest BCUT2D eigenvalue weighted by Gasteiger charge is 2.30. The molecule has 0 bridgehead atoms. The first-order chi connectivity index (χ1) is 7.51. The third kappa shape index (κ3) is 2.17. The van der Waals surface area contributed by atoms with Gasteiger partial charge in [0, 0.05) is 32.1 Å². The lowest BCUT2D eigenvalue weighted by Crippen LogP contribution is -2.32.